The van der Waals surface area contributed by atoms with Gasteiger partial charge in [-0.15, -0.1) is 0 Å². The molecule has 0 amide bonds. The summed E-state index contributed by atoms with van der Waals surface area (Å²) in [7, 11) is 1.74. The lowest BCUT2D eigenvalue weighted by Gasteiger charge is -2.41. The molecule has 1 aromatic rings. The molecule has 0 N–H and O–H groups in total. The van der Waals surface area contributed by atoms with E-state index in [-0.39, 0.29) is 0 Å². The van der Waals surface area contributed by atoms with Crippen LogP contribution in [0.2, 0.25) is 0 Å². The van der Waals surface area contributed by atoms with Gasteiger partial charge in [0, 0.05) is 31.7 Å². The second-order valence-electron chi connectivity index (χ2n) is 4.88. The fraction of sp³-hybridized carbons (Fsp3) is 0.571. The second-order valence-corrected chi connectivity index (χ2v) is 4.88. The molecule has 1 atom stereocenters. The molecule has 2 aliphatic rings. The number of benzene rings is 1. The van der Waals surface area contributed by atoms with Crippen LogP contribution in [-0.2, 0) is 0 Å². The Hall–Kier alpha value is -1.38. The number of fused-ring (bicyclic) bond motifs is 3. The van der Waals surface area contributed by atoms with Crippen LogP contribution < -0.4 is 14.5 Å². The van der Waals surface area contributed by atoms with Crippen molar-refractivity contribution < 1.29 is 4.74 Å². The smallest absolute Gasteiger partial charge is 0.121 e. The largest absolute Gasteiger partial charge is 0.497 e. The Morgan fingerprint density at radius 3 is 3.00 bits per heavy atom. The van der Waals surface area contributed by atoms with Crippen molar-refractivity contribution in [2.75, 3.05) is 36.5 Å². The second kappa shape index (κ2) is 4.13. The van der Waals surface area contributed by atoms with E-state index in [9.17, 15) is 0 Å². The molecular formula is C14H20N2O. The van der Waals surface area contributed by atoms with Gasteiger partial charge in [-0.2, -0.15) is 0 Å². The van der Waals surface area contributed by atoms with Crippen LogP contribution in [0, 0.1) is 0 Å². The molecule has 0 aliphatic carbocycles. The van der Waals surface area contributed by atoms with E-state index in [0.29, 0.717) is 6.04 Å². The van der Waals surface area contributed by atoms with Crippen molar-refractivity contribution in [1.29, 1.82) is 0 Å². The Kier molecular flexibility index (Phi) is 2.61. The molecule has 2 aliphatic heterocycles. The van der Waals surface area contributed by atoms with E-state index in [4.69, 9.17) is 4.74 Å². The van der Waals surface area contributed by atoms with Crippen LogP contribution in [0.3, 0.4) is 0 Å². The van der Waals surface area contributed by atoms with Crippen LogP contribution in [0.4, 0.5) is 11.4 Å². The van der Waals surface area contributed by atoms with Gasteiger partial charge in [0.1, 0.15) is 5.75 Å². The third-order valence-corrected chi connectivity index (χ3v) is 4.02. The van der Waals surface area contributed by atoms with E-state index < -0.39 is 0 Å². The van der Waals surface area contributed by atoms with E-state index in [1.54, 1.807) is 7.11 Å². The molecule has 3 nitrogen and oxygen atoms in total. The molecule has 1 saturated heterocycles. The molecule has 3 heteroatoms. The molecule has 0 spiro atoms. The summed E-state index contributed by atoms with van der Waals surface area (Å²) in [5.41, 5.74) is 2.73. The highest BCUT2D eigenvalue weighted by Crippen LogP contribution is 2.41. The molecule has 1 fully saturated rings. The van der Waals surface area contributed by atoms with E-state index in [1.807, 2.05) is 0 Å². The monoisotopic (exact) mass is 232 g/mol. The average Bonchev–Trinajstić information content (AvgIpc) is 2.85. The number of nitrogens with zero attached hydrogens (tertiary/aromatic N) is 2. The molecule has 0 radical (unpaired) electrons. The van der Waals surface area contributed by atoms with Gasteiger partial charge in [-0.25, -0.2) is 0 Å². The molecule has 1 unspecified atom stereocenters. The first-order valence-electron chi connectivity index (χ1n) is 6.53. The predicted molar refractivity (Wildman–Crippen MR) is 71.2 cm³/mol. The third-order valence-electron chi connectivity index (χ3n) is 4.02. The minimum atomic E-state index is 0.703. The number of ether oxygens (including phenoxy) is 1. The minimum Gasteiger partial charge on any atom is -0.497 e. The Morgan fingerprint density at radius 2 is 2.24 bits per heavy atom. The van der Waals surface area contributed by atoms with Crippen LogP contribution in [0.5, 0.6) is 5.75 Å². The van der Waals surface area contributed by atoms with E-state index in [0.717, 1.165) is 12.3 Å². The number of methoxy groups -OCH3 is 1. The molecule has 0 bridgehead atoms. The average molecular weight is 232 g/mol. The Morgan fingerprint density at radius 1 is 1.35 bits per heavy atom. The highest BCUT2D eigenvalue weighted by atomic mass is 16.5. The summed E-state index contributed by atoms with van der Waals surface area (Å²) in [4.78, 5) is 5.05. The van der Waals surface area contributed by atoms with Gasteiger partial charge in [-0.3, -0.25) is 0 Å². The fourth-order valence-electron chi connectivity index (χ4n) is 3.12. The summed E-state index contributed by atoms with van der Waals surface area (Å²) in [6.45, 7) is 5.69. The zero-order chi connectivity index (χ0) is 11.8. The lowest BCUT2D eigenvalue weighted by Crippen LogP contribution is -2.45. The van der Waals surface area contributed by atoms with Gasteiger partial charge < -0.3 is 14.5 Å². The van der Waals surface area contributed by atoms with Gasteiger partial charge in [0.05, 0.1) is 18.5 Å². The lowest BCUT2D eigenvalue weighted by molar-refractivity contribution is 0.414. The topological polar surface area (TPSA) is 15.7 Å². The van der Waals surface area contributed by atoms with Crippen molar-refractivity contribution in [2.45, 2.75) is 25.8 Å². The number of rotatable bonds is 2. The highest BCUT2D eigenvalue weighted by Gasteiger charge is 2.33. The van der Waals surface area contributed by atoms with Crippen LogP contribution in [0.25, 0.3) is 0 Å². The van der Waals surface area contributed by atoms with Crippen molar-refractivity contribution in [2.24, 2.45) is 0 Å². The fourth-order valence-corrected chi connectivity index (χ4v) is 3.12. The van der Waals surface area contributed by atoms with Gasteiger partial charge in [0.2, 0.25) is 0 Å². The summed E-state index contributed by atoms with van der Waals surface area (Å²) in [6.07, 6.45) is 2.64. The first-order valence-corrected chi connectivity index (χ1v) is 6.53. The summed E-state index contributed by atoms with van der Waals surface area (Å²) in [6, 6.07) is 7.16. The lowest BCUT2D eigenvalue weighted by atomic mass is 10.1. The quantitative estimate of drug-likeness (QED) is 0.779. The predicted octanol–water partition coefficient (Wildman–Crippen LogP) is 2.50. The molecule has 2 heterocycles. The van der Waals surface area contributed by atoms with Gasteiger partial charge >= 0.3 is 0 Å². The third kappa shape index (κ3) is 1.65. The van der Waals surface area contributed by atoms with E-state index in [1.165, 1.54) is 37.3 Å². The normalized spacial score (nSPS) is 22.4. The maximum atomic E-state index is 5.35. The zero-order valence-corrected chi connectivity index (χ0v) is 10.6. The van der Waals surface area contributed by atoms with Crippen LogP contribution in [-0.4, -0.2) is 32.8 Å². The zero-order valence-electron chi connectivity index (χ0n) is 10.6. The van der Waals surface area contributed by atoms with E-state index in [2.05, 4.69) is 34.9 Å². The number of hydrogen-bond acceptors (Lipinski definition) is 3. The van der Waals surface area contributed by atoms with Crippen LogP contribution in [0.15, 0.2) is 18.2 Å². The maximum Gasteiger partial charge on any atom is 0.121 e. The number of anilines is 2. The Bertz CT molecular complexity index is 419. The first kappa shape index (κ1) is 10.8. The Balaban J connectivity index is 2.05. The van der Waals surface area contributed by atoms with Gasteiger partial charge in [0.15, 0.2) is 0 Å². The van der Waals surface area contributed by atoms with Gasteiger partial charge in [-0.1, -0.05) is 0 Å². The number of likely N-dealkylation sites (N-methyl/N-ethyl adjacent to an activating group) is 1. The highest BCUT2D eigenvalue weighted by molar-refractivity contribution is 5.76. The summed E-state index contributed by atoms with van der Waals surface area (Å²) in [5, 5.41) is 0. The molecular weight excluding hydrogens is 212 g/mol. The van der Waals surface area contributed by atoms with Crippen molar-refractivity contribution in [3.8, 4) is 5.75 Å². The van der Waals surface area contributed by atoms with E-state index >= 15 is 0 Å². The van der Waals surface area contributed by atoms with Crippen LogP contribution in [0.1, 0.15) is 19.8 Å². The first-order chi connectivity index (χ1) is 8.33. The van der Waals surface area contributed by atoms with Crippen molar-refractivity contribution >= 4 is 11.4 Å². The molecule has 92 valence electrons. The van der Waals surface area contributed by atoms with Crippen molar-refractivity contribution in [3.05, 3.63) is 18.2 Å². The summed E-state index contributed by atoms with van der Waals surface area (Å²) in [5.74, 6) is 0.965. The summed E-state index contributed by atoms with van der Waals surface area (Å²) >= 11 is 0. The van der Waals surface area contributed by atoms with Crippen molar-refractivity contribution in [3.63, 3.8) is 0 Å². The van der Waals surface area contributed by atoms with Crippen molar-refractivity contribution in [1.82, 2.24) is 0 Å². The molecule has 3 rings (SSSR count). The maximum absolute atomic E-state index is 5.35. The minimum absolute atomic E-state index is 0.703. The van der Waals surface area contributed by atoms with Crippen LogP contribution >= 0.6 is 0 Å². The standard InChI is InChI=1S/C14H20N2O/c1-3-15-10-11-5-4-8-16(11)14-9-12(17-2)6-7-13(14)15/h6-7,9,11H,3-5,8,10H2,1-2H3. The molecule has 0 saturated carbocycles. The SMILES string of the molecule is CCN1CC2CCCN2c2cc(OC)ccc21. The molecule has 17 heavy (non-hydrogen) atoms. The summed E-state index contributed by atoms with van der Waals surface area (Å²) < 4.78 is 5.35. The number of hydrogen-bond donors (Lipinski definition) is 0. The van der Waals surface area contributed by atoms with Gasteiger partial charge in [0.25, 0.3) is 0 Å². The molecule has 0 aromatic heterocycles. The Labute approximate surface area is 103 Å². The van der Waals surface area contributed by atoms with Gasteiger partial charge in [-0.05, 0) is 31.9 Å². The molecule has 1 aromatic carbocycles.